The Labute approximate surface area is 114 Å². The molecule has 1 saturated heterocycles. The number of rotatable bonds is 5. The molecule has 1 aromatic heterocycles. The average molecular weight is 262 g/mol. The third kappa shape index (κ3) is 4.61. The summed E-state index contributed by atoms with van der Waals surface area (Å²) in [5, 5.41) is 6.29. The van der Waals surface area contributed by atoms with E-state index in [9.17, 15) is 4.79 Å². The second-order valence-electron chi connectivity index (χ2n) is 4.96. The summed E-state index contributed by atoms with van der Waals surface area (Å²) in [7, 11) is 2.08. The topological polar surface area (TPSA) is 57.3 Å². The van der Waals surface area contributed by atoms with E-state index in [-0.39, 0.29) is 5.91 Å². The predicted octanol–water partition coefficient (Wildman–Crippen LogP) is 0.0340. The normalized spacial score (nSPS) is 20.2. The number of nitrogens with zero attached hydrogens (tertiary/aromatic N) is 2. The second kappa shape index (κ2) is 7.21. The summed E-state index contributed by atoms with van der Waals surface area (Å²) in [4.78, 5) is 18.3. The van der Waals surface area contributed by atoms with E-state index in [1.54, 1.807) is 6.20 Å². The fourth-order valence-electron chi connectivity index (χ4n) is 2.25. The number of carbonyl (C=O) groups is 1. The quantitative estimate of drug-likeness (QED) is 0.786. The number of amides is 1. The van der Waals surface area contributed by atoms with Crippen molar-refractivity contribution in [1.82, 2.24) is 20.5 Å². The number of carbonyl (C=O) groups excluding carboxylic acids is 1. The largest absolute Gasteiger partial charge is 0.356 e. The average Bonchev–Trinajstić information content (AvgIpc) is 2.43. The van der Waals surface area contributed by atoms with Gasteiger partial charge in [0.15, 0.2) is 0 Å². The molecular weight excluding hydrogens is 240 g/mol. The minimum Gasteiger partial charge on any atom is -0.356 e. The molecule has 0 spiro atoms. The molecule has 1 atom stereocenters. The molecule has 2 heterocycles. The number of likely N-dealkylation sites (N-methyl/N-ethyl adjacent to an activating group) is 1. The molecule has 1 amide bonds. The lowest BCUT2D eigenvalue weighted by Crippen LogP contribution is -2.51. The fraction of sp³-hybridized carbons (Fsp3) is 0.571. The van der Waals surface area contributed by atoms with Gasteiger partial charge < -0.3 is 15.5 Å². The van der Waals surface area contributed by atoms with Gasteiger partial charge in [-0.15, -0.1) is 0 Å². The monoisotopic (exact) mass is 262 g/mol. The molecule has 2 N–H and O–H groups in total. The van der Waals surface area contributed by atoms with Gasteiger partial charge in [0.25, 0.3) is 0 Å². The summed E-state index contributed by atoms with van der Waals surface area (Å²) in [6.45, 7) is 3.56. The van der Waals surface area contributed by atoms with E-state index in [0.717, 1.165) is 31.7 Å². The summed E-state index contributed by atoms with van der Waals surface area (Å²) in [6, 6.07) is 6.15. The van der Waals surface area contributed by atoms with Crippen LogP contribution in [0.1, 0.15) is 12.1 Å². The number of hydrogen-bond acceptors (Lipinski definition) is 4. The summed E-state index contributed by atoms with van der Waals surface area (Å²) < 4.78 is 0. The second-order valence-corrected chi connectivity index (χ2v) is 4.96. The Morgan fingerprint density at radius 1 is 1.58 bits per heavy atom. The molecule has 0 saturated carbocycles. The molecule has 0 radical (unpaired) electrons. The zero-order valence-corrected chi connectivity index (χ0v) is 11.4. The van der Waals surface area contributed by atoms with Crippen molar-refractivity contribution in [1.29, 1.82) is 0 Å². The highest BCUT2D eigenvalue weighted by Gasteiger charge is 2.20. The SMILES string of the molecule is CN1CCNCC1CC(=O)NCCc1ccccn1. The van der Waals surface area contributed by atoms with Crippen molar-refractivity contribution in [3.8, 4) is 0 Å². The van der Waals surface area contributed by atoms with Crippen LogP contribution < -0.4 is 10.6 Å². The lowest BCUT2D eigenvalue weighted by Gasteiger charge is -2.32. The van der Waals surface area contributed by atoms with Gasteiger partial charge in [-0.2, -0.15) is 0 Å². The molecule has 0 aromatic carbocycles. The highest BCUT2D eigenvalue weighted by Crippen LogP contribution is 2.04. The van der Waals surface area contributed by atoms with E-state index < -0.39 is 0 Å². The Hall–Kier alpha value is -1.46. The zero-order chi connectivity index (χ0) is 13.5. The van der Waals surface area contributed by atoms with Crippen LogP contribution in [0.3, 0.4) is 0 Å². The molecule has 1 fully saturated rings. The van der Waals surface area contributed by atoms with Crippen LogP contribution >= 0.6 is 0 Å². The van der Waals surface area contributed by atoms with Gasteiger partial charge in [-0.1, -0.05) is 6.07 Å². The van der Waals surface area contributed by atoms with Crippen LogP contribution in [0.4, 0.5) is 0 Å². The third-order valence-corrected chi connectivity index (χ3v) is 3.50. The van der Waals surface area contributed by atoms with Crippen LogP contribution in [0.5, 0.6) is 0 Å². The molecular formula is C14H22N4O. The Bertz CT molecular complexity index is 396. The van der Waals surface area contributed by atoms with Gasteiger partial charge in [0, 0.05) is 57.0 Å². The van der Waals surface area contributed by atoms with Crippen LogP contribution in [-0.2, 0) is 11.2 Å². The van der Waals surface area contributed by atoms with E-state index in [1.165, 1.54) is 0 Å². The van der Waals surface area contributed by atoms with Crippen molar-refractivity contribution in [3.63, 3.8) is 0 Å². The Morgan fingerprint density at radius 3 is 3.21 bits per heavy atom. The van der Waals surface area contributed by atoms with Gasteiger partial charge in [0.05, 0.1) is 0 Å². The molecule has 1 aromatic rings. The van der Waals surface area contributed by atoms with Gasteiger partial charge in [0.1, 0.15) is 0 Å². The molecule has 1 aliphatic rings. The maximum absolute atomic E-state index is 11.9. The molecule has 0 bridgehead atoms. The Morgan fingerprint density at radius 2 is 2.47 bits per heavy atom. The van der Waals surface area contributed by atoms with Crippen molar-refractivity contribution < 1.29 is 4.79 Å². The smallest absolute Gasteiger partial charge is 0.221 e. The maximum Gasteiger partial charge on any atom is 0.221 e. The standard InChI is InChI=1S/C14H22N4O/c1-18-9-8-15-11-13(18)10-14(19)17-7-5-12-4-2-3-6-16-12/h2-4,6,13,15H,5,7-11H2,1H3,(H,17,19). The molecule has 2 rings (SSSR count). The van der Waals surface area contributed by atoms with E-state index >= 15 is 0 Å². The summed E-state index contributed by atoms with van der Waals surface area (Å²) in [6.07, 6.45) is 3.12. The van der Waals surface area contributed by atoms with Crippen LogP contribution in [0.2, 0.25) is 0 Å². The van der Waals surface area contributed by atoms with Gasteiger partial charge >= 0.3 is 0 Å². The fourth-order valence-corrected chi connectivity index (χ4v) is 2.25. The first-order valence-electron chi connectivity index (χ1n) is 6.83. The van der Waals surface area contributed by atoms with Gasteiger partial charge in [-0.05, 0) is 19.2 Å². The maximum atomic E-state index is 11.9. The van der Waals surface area contributed by atoms with Gasteiger partial charge in [-0.25, -0.2) is 0 Å². The minimum atomic E-state index is 0.122. The molecule has 5 nitrogen and oxygen atoms in total. The van der Waals surface area contributed by atoms with E-state index in [2.05, 4.69) is 27.6 Å². The molecule has 19 heavy (non-hydrogen) atoms. The minimum absolute atomic E-state index is 0.122. The van der Waals surface area contributed by atoms with Gasteiger partial charge in [0.2, 0.25) is 5.91 Å². The summed E-state index contributed by atoms with van der Waals surface area (Å²) >= 11 is 0. The number of nitrogens with one attached hydrogen (secondary N) is 2. The zero-order valence-electron chi connectivity index (χ0n) is 11.4. The van der Waals surface area contributed by atoms with Crippen LogP contribution in [0, 0.1) is 0 Å². The lowest BCUT2D eigenvalue weighted by atomic mass is 10.1. The number of piperazine rings is 1. The van der Waals surface area contributed by atoms with E-state index in [0.29, 0.717) is 19.0 Å². The third-order valence-electron chi connectivity index (χ3n) is 3.50. The number of hydrogen-bond donors (Lipinski definition) is 2. The van der Waals surface area contributed by atoms with Crippen molar-refractivity contribution >= 4 is 5.91 Å². The Kier molecular flexibility index (Phi) is 5.30. The first-order valence-corrected chi connectivity index (χ1v) is 6.83. The predicted molar refractivity (Wildman–Crippen MR) is 74.9 cm³/mol. The van der Waals surface area contributed by atoms with Crippen LogP contribution in [0.25, 0.3) is 0 Å². The highest BCUT2D eigenvalue weighted by atomic mass is 16.1. The highest BCUT2D eigenvalue weighted by molar-refractivity contribution is 5.76. The van der Waals surface area contributed by atoms with E-state index in [1.807, 2.05) is 18.2 Å². The summed E-state index contributed by atoms with van der Waals surface area (Å²) in [5.74, 6) is 0.122. The van der Waals surface area contributed by atoms with Crippen molar-refractivity contribution in [2.75, 3.05) is 33.2 Å². The number of aromatic nitrogens is 1. The van der Waals surface area contributed by atoms with E-state index in [4.69, 9.17) is 0 Å². The van der Waals surface area contributed by atoms with Crippen molar-refractivity contribution in [2.24, 2.45) is 0 Å². The molecule has 1 unspecified atom stereocenters. The first-order chi connectivity index (χ1) is 9.25. The molecule has 5 heteroatoms. The van der Waals surface area contributed by atoms with Gasteiger partial charge in [-0.3, -0.25) is 9.78 Å². The molecule has 1 aliphatic heterocycles. The summed E-state index contributed by atoms with van der Waals surface area (Å²) in [5.41, 5.74) is 1.01. The first kappa shape index (κ1) is 14.0. The lowest BCUT2D eigenvalue weighted by molar-refractivity contribution is -0.122. The van der Waals surface area contributed by atoms with Crippen LogP contribution in [-0.4, -0.2) is 55.1 Å². The van der Waals surface area contributed by atoms with Crippen molar-refractivity contribution in [2.45, 2.75) is 18.9 Å². The molecule has 0 aliphatic carbocycles. The van der Waals surface area contributed by atoms with Crippen LogP contribution in [0.15, 0.2) is 24.4 Å². The number of pyridine rings is 1. The Balaban J connectivity index is 1.67. The van der Waals surface area contributed by atoms with Crippen molar-refractivity contribution in [3.05, 3.63) is 30.1 Å². The molecule has 104 valence electrons.